The van der Waals surface area contributed by atoms with Crippen LogP contribution in [-0.4, -0.2) is 10.8 Å². The summed E-state index contributed by atoms with van der Waals surface area (Å²) in [5.41, 5.74) is 11.3. The first-order chi connectivity index (χ1) is 15.2. The third kappa shape index (κ3) is 3.55. The van der Waals surface area contributed by atoms with Crippen LogP contribution < -0.4 is 5.73 Å². The third-order valence-electron chi connectivity index (χ3n) is 6.55. The summed E-state index contributed by atoms with van der Waals surface area (Å²) in [6.07, 6.45) is 3.01. The molecule has 164 valence electrons. The highest BCUT2D eigenvalue weighted by molar-refractivity contribution is 7.21. The number of hydrogen-bond donors (Lipinski definition) is 1. The second-order valence-electron chi connectivity index (χ2n) is 9.56. The smallest absolute Gasteiger partial charge is 0.205 e. The number of aromatic nitrogens is 1. The van der Waals surface area contributed by atoms with Crippen molar-refractivity contribution in [3.8, 4) is 10.4 Å². The molecule has 2 N–H and O–H groups in total. The lowest BCUT2D eigenvalue weighted by molar-refractivity contribution is 0.104. The fourth-order valence-electron chi connectivity index (χ4n) is 4.66. The van der Waals surface area contributed by atoms with Crippen LogP contribution in [0.2, 0.25) is 0 Å². The SMILES string of the molecule is CC(C)(C)[C@@H]1CCc2nc3sc(C(=O)c4ccc(F)cc4)c(N)c3c(-c3cccs3)c2C1. The fourth-order valence-corrected chi connectivity index (χ4v) is 6.55. The summed E-state index contributed by atoms with van der Waals surface area (Å²) < 4.78 is 13.4. The van der Waals surface area contributed by atoms with Crippen molar-refractivity contribution in [3.63, 3.8) is 0 Å². The predicted octanol–water partition coefficient (Wildman–Crippen LogP) is 7.13. The Morgan fingerprint density at radius 2 is 1.94 bits per heavy atom. The summed E-state index contributed by atoms with van der Waals surface area (Å²) in [6.45, 7) is 6.91. The number of pyridine rings is 1. The molecular formula is C26H25FN2OS2. The Morgan fingerprint density at radius 3 is 2.59 bits per heavy atom. The maximum Gasteiger partial charge on any atom is 0.205 e. The molecule has 0 aliphatic heterocycles. The summed E-state index contributed by atoms with van der Waals surface area (Å²) in [6, 6.07) is 9.80. The monoisotopic (exact) mass is 464 g/mol. The van der Waals surface area contributed by atoms with E-state index >= 15 is 0 Å². The quantitative estimate of drug-likeness (QED) is 0.328. The normalized spacial score (nSPS) is 16.3. The number of fused-ring (bicyclic) bond motifs is 2. The maximum absolute atomic E-state index is 13.4. The third-order valence-corrected chi connectivity index (χ3v) is 8.53. The summed E-state index contributed by atoms with van der Waals surface area (Å²) in [7, 11) is 0. The Hall–Kier alpha value is -2.57. The van der Waals surface area contributed by atoms with Crippen LogP contribution in [0.25, 0.3) is 20.7 Å². The molecular weight excluding hydrogens is 439 g/mol. The molecule has 1 atom stereocenters. The summed E-state index contributed by atoms with van der Waals surface area (Å²) >= 11 is 3.04. The van der Waals surface area contributed by atoms with E-state index in [0.29, 0.717) is 22.0 Å². The van der Waals surface area contributed by atoms with Crippen molar-refractivity contribution in [2.75, 3.05) is 5.73 Å². The van der Waals surface area contributed by atoms with Crippen molar-refractivity contribution in [2.45, 2.75) is 40.0 Å². The predicted molar refractivity (Wildman–Crippen MR) is 132 cm³/mol. The number of nitrogens with zero attached hydrogens (tertiary/aromatic N) is 1. The number of aryl methyl sites for hydroxylation is 1. The summed E-state index contributed by atoms with van der Waals surface area (Å²) in [4.78, 5) is 20.7. The zero-order valence-electron chi connectivity index (χ0n) is 18.4. The number of carbonyl (C=O) groups is 1. The van der Waals surface area contributed by atoms with Crippen LogP contribution in [0.15, 0.2) is 41.8 Å². The van der Waals surface area contributed by atoms with Gasteiger partial charge in [-0.15, -0.1) is 22.7 Å². The van der Waals surface area contributed by atoms with Crippen LogP contribution in [0, 0.1) is 17.2 Å². The van der Waals surface area contributed by atoms with Gasteiger partial charge in [0.05, 0.1) is 5.69 Å². The molecule has 3 aromatic heterocycles. The molecule has 32 heavy (non-hydrogen) atoms. The summed E-state index contributed by atoms with van der Waals surface area (Å²) in [5.74, 6) is 0.00917. The second-order valence-corrected chi connectivity index (χ2v) is 11.5. The van der Waals surface area contributed by atoms with Gasteiger partial charge in [-0.3, -0.25) is 4.79 Å². The molecule has 0 unspecified atom stereocenters. The lowest BCUT2D eigenvalue weighted by Crippen LogP contribution is -2.27. The highest BCUT2D eigenvalue weighted by atomic mass is 32.1. The van der Waals surface area contributed by atoms with Gasteiger partial charge >= 0.3 is 0 Å². The van der Waals surface area contributed by atoms with Crippen molar-refractivity contribution in [2.24, 2.45) is 11.3 Å². The van der Waals surface area contributed by atoms with Crippen LogP contribution in [0.3, 0.4) is 0 Å². The van der Waals surface area contributed by atoms with Gasteiger partial charge in [0, 0.05) is 27.1 Å². The Morgan fingerprint density at radius 1 is 1.19 bits per heavy atom. The van der Waals surface area contributed by atoms with E-state index in [9.17, 15) is 9.18 Å². The molecule has 0 spiro atoms. The van der Waals surface area contributed by atoms with Crippen LogP contribution >= 0.6 is 22.7 Å². The number of rotatable bonds is 3. The minimum absolute atomic E-state index is 0.187. The number of thiophene rings is 2. The molecule has 0 bridgehead atoms. The molecule has 0 amide bonds. The zero-order valence-corrected chi connectivity index (χ0v) is 20.0. The van der Waals surface area contributed by atoms with Gasteiger partial charge in [0.25, 0.3) is 0 Å². The lowest BCUT2D eigenvalue weighted by Gasteiger charge is -2.35. The molecule has 1 aromatic carbocycles. The van der Waals surface area contributed by atoms with E-state index in [1.54, 1.807) is 11.3 Å². The Kier molecular flexibility index (Phi) is 5.18. The first kappa shape index (κ1) is 21.3. The average molecular weight is 465 g/mol. The first-order valence-corrected chi connectivity index (χ1v) is 12.5. The number of nitrogen functional groups attached to an aromatic ring is 1. The molecule has 0 radical (unpaired) electrons. The number of halogens is 1. The molecule has 3 heterocycles. The van der Waals surface area contributed by atoms with Gasteiger partial charge in [0.15, 0.2) is 0 Å². The van der Waals surface area contributed by atoms with Gasteiger partial charge in [-0.25, -0.2) is 9.37 Å². The van der Waals surface area contributed by atoms with Gasteiger partial charge in [-0.2, -0.15) is 0 Å². The number of nitrogens with two attached hydrogens (primary N) is 1. The number of hydrogen-bond acceptors (Lipinski definition) is 5. The number of ketones is 1. The summed E-state index contributed by atoms with van der Waals surface area (Å²) in [5, 5.41) is 2.96. The van der Waals surface area contributed by atoms with Gasteiger partial charge in [-0.1, -0.05) is 26.8 Å². The zero-order chi connectivity index (χ0) is 22.6. The van der Waals surface area contributed by atoms with E-state index in [0.717, 1.165) is 45.6 Å². The van der Waals surface area contributed by atoms with Crippen LogP contribution in [-0.2, 0) is 12.8 Å². The number of carbonyl (C=O) groups excluding carboxylic acids is 1. The second kappa shape index (κ2) is 7.78. The van der Waals surface area contributed by atoms with Crippen molar-refractivity contribution in [1.29, 1.82) is 0 Å². The van der Waals surface area contributed by atoms with E-state index in [4.69, 9.17) is 10.7 Å². The van der Waals surface area contributed by atoms with E-state index in [2.05, 4.69) is 38.3 Å². The lowest BCUT2D eigenvalue weighted by atomic mass is 9.70. The molecule has 5 rings (SSSR count). The molecule has 6 heteroatoms. The van der Waals surface area contributed by atoms with Gasteiger partial charge < -0.3 is 5.73 Å². The Bertz CT molecular complexity index is 1320. The largest absolute Gasteiger partial charge is 0.397 e. The molecule has 1 aliphatic rings. The van der Waals surface area contributed by atoms with Gasteiger partial charge in [0.1, 0.15) is 15.5 Å². The minimum Gasteiger partial charge on any atom is -0.397 e. The highest BCUT2D eigenvalue weighted by Gasteiger charge is 2.33. The van der Waals surface area contributed by atoms with Crippen LogP contribution in [0.4, 0.5) is 10.1 Å². The Balaban J connectivity index is 1.72. The molecule has 1 aliphatic carbocycles. The topological polar surface area (TPSA) is 56.0 Å². The van der Waals surface area contributed by atoms with Crippen LogP contribution in [0.5, 0.6) is 0 Å². The van der Waals surface area contributed by atoms with Gasteiger partial charge in [0.2, 0.25) is 5.78 Å². The molecule has 0 fully saturated rings. The highest BCUT2D eigenvalue weighted by Crippen LogP contribution is 2.47. The fraction of sp³-hybridized carbons (Fsp3) is 0.308. The van der Waals surface area contributed by atoms with Crippen molar-refractivity contribution in [1.82, 2.24) is 4.98 Å². The molecule has 0 saturated heterocycles. The molecule has 4 aromatic rings. The van der Waals surface area contributed by atoms with Crippen molar-refractivity contribution >= 4 is 44.4 Å². The Labute approximate surface area is 195 Å². The van der Waals surface area contributed by atoms with E-state index in [1.807, 2.05) is 0 Å². The van der Waals surface area contributed by atoms with Crippen molar-refractivity contribution < 1.29 is 9.18 Å². The maximum atomic E-state index is 13.4. The van der Waals surface area contributed by atoms with E-state index in [-0.39, 0.29) is 17.0 Å². The number of benzene rings is 1. The standard InChI is InChI=1S/C26H25FN2OS2/c1-26(2,3)15-8-11-18-17(13-15)20(19-5-4-12-31-19)21-22(28)24(32-25(21)29-18)23(30)14-6-9-16(27)10-7-14/h4-7,9-10,12,15H,8,11,13,28H2,1-3H3/t15-/m1/s1. The number of anilines is 1. The van der Waals surface area contributed by atoms with Crippen LogP contribution in [0.1, 0.15) is 53.7 Å². The average Bonchev–Trinajstić information content (AvgIpc) is 3.40. The van der Waals surface area contributed by atoms with Crippen molar-refractivity contribution in [3.05, 3.63) is 69.3 Å². The first-order valence-electron chi connectivity index (χ1n) is 10.8. The van der Waals surface area contributed by atoms with Gasteiger partial charge in [-0.05, 0) is 71.9 Å². The molecule has 0 saturated carbocycles. The van der Waals surface area contributed by atoms with E-state index in [1.165, 1.54) is 41.2 Å². The minimum atomic E-state index is -0.367. The van der Waals surface area contributed by atoms with E-state index < -0.39 is 0 Å². The molecule has 3 nitrogen and oxygen atoms in total.